The molecule has 0 aliphatic carbocycles. The Morgan fingerprint density at radius 2 is 1.79 bits per heavy atom. The Morgan fingerprint density at radius 1 is 1.07 bits per heavy atom. The van der Waals surface area contributed by atoms with E-state index in [1.165, 1.54) is 16.8 Å². The van der Waals surface area contributed by atoms with Crippen LogP contribution in [0.1, 0.15) is 27.9 Å². The van der Waals surface area contributed by atoms with Gasteiger partial charge in [0.2, 0.25) is 11.8 Å². The van der Waals surface area contributed by atoms with Crippen LogP contribution in [0.2, 0.25) is 0 Å². The van der Waals surface area contributed by atoms with Crippen LogP contribution in [0.5, 0.6) is 5.88 Å². The maximum atomic E-state index is 12.7. The Morgan fingerprint density at radius 3 is 2.46 bits per heavy atom. The van der Waals surface area contributed by atoms with E-state index in [9.17, 15) is 18.3 Å². The molecule has 0 aliphatic heterocycles. The number of fused-ring (bicyclic) bond motifs is 1. The molecule has 0 aliphatic rings. The SMILES string of the molecule is Cc1ccc2[nH]c(-n3nc(C)c(Cc4ccc(C(F)(F)F)cc4)c3O)nc2c1. The Bertz CT molecular complexity index is 1160. The quantitative estimate of drug-likeness (QED) is 0.537. The van der Waals surface area contributed by atoms with Gasteiger partial charge in [-0.3, -0.25) is 0 Å². The molecule has 144 valence electrons. The lowest BCUT2D eigenvalue weighted by molar-refractivity contribution is -0.137. The number of imidazole rings is 1. The van der Waals surface area contributed by atoms with Crippen LogP contribution in [0, 0.1) is 13.8 Å². The van der Waals surface area contributed by atoms with Crippen LogP contribution < -0.4 is 0 Å². The third-order valence-corrected chi connectivity index (χ3v) is 4.65. The number of hydrogen-bond acceptors (Lipinski definition) is 3. The molecule has 0 atom stereocenters. The van der Waals surface area contributed by atoms with Crippen LogP contribution in [-0.4, -0.2) is 24.9 Å². The molecule has 0 saturated carbocycles. The zero-order chi connectivity index (χ0) is 20.1. The summed E-state index contributed by atoms with van der Waals surface area (Å²) in [7, 11) is 0. The molecule has 0 bridgehead atoms. The fraction of sp³-hybridized carbons (Fsp3) is 0.200. The largest absolute Gasteiger partial charge is 0.493 e. The lowest BCUT2D eigenvalue weighted by atomic mass is 10.0. The fourth-order valence-corrected chi connectivity index (χ4v) is 3.12. The van der Waals surface area contributed by atoms with Gasteiger partial charge in [0.1, 0.15) is 0 Å². The van der Waals surface area contributed by atoms with Crippen molar-refractivity contribution in [3.63, 3.8) is 0 Å². The molecule has 28 heavy (non-hydrogen) atoms. The minimum absolute atomic E-state index is 0.0897. The van der Waals surface area contributed by atoms with Crippen LogP contribution in [0.15, 0.2) is 42.5 Å². The highest BCUT2D eigenvalue weighted by Gasteiger charge is 2.30. The molecule has 2 heterocycles. The van der Waals surface area contributed by atoms with E-state index in [1.54, 1.807) is 6.92 Å². The first kappa shape index (κ1) is 18.1. The Labute approximate surface area is 158 Å². The van der Waals surface area contributed by atoms with E-state index in [1.807, 2.05) is 25.1 Å². The number of benzene rings is 2. The van der Waals surface area contributed by atoms with Crippen molar-refractivity contribution < 1.29 is 18.3 Å². The summed E-state index contributed by atoms with van der Waals surface area (Å²) in [6.45, 7) is 3.70. The smallest absolute Gasteiger partial charge is 0.416 e. The highest BCUT2D eigenvalue weighted by atomic mass is 19.4. The van der Waals surface area contributed by atoms with E-state index in [0.717, 1.165) is 28.7 Å². The maximum absolute atomic E-state index is 12.7. The van der Waals surface area contributed by atoms with Gasteiger partial charge >= 0.3 is 6.18 Å². The average Bonchev–Trinajstić information content (AvgIpc) is 3.16. The van der Waals surface area contributed by atoms with Crippen molar-refractivity contribution in [1.82, 2.24) is 19.7 Å². The standard InChI is InChI=1S/C20H17F3N4O/c1-11-3-8-16-17(9-11)25-19(24-16)27-18(28)15(12(2)26-27)10-13-4-6-14(7-5-13)20(21,22)23/h3-9,28H,10H2,1-2H3,(H,24,25). The lowest BCUT2D eigenvalue weighted by Crippen LogP contribution is -2.04. The van der Waals surface area contributed by atoms with Crippen molar-refractivity contribution >= 4 is 11.0 Å². The topological polar surface area (TPSA) is 66.7 Å². The molecule has 4 aromatic rings. The minimum atomic E-state index is -4.37. The summed E-state index contributed by atoms with van der Waals surface area (Å²) in [4.78, 5) is 7.58. The van der Waals surface area contributed by atoms with Crippen molar-refractivity contribution in [2.75, 3.05) is 0 Å². The number of halogens is 3. The van der Waals surface area contributed by atoms with Crippen LogP contribution in [-0.2, 0) is 12.6 Å². The number of rotatable bonds is 3. The van der Waals surface area contributed by atoms with Gasteiger partial charge in [-0.15, -0.1) is 0 Å². The van der Waals surface area contributed by atoms with E-state index in [2.05, 4.69) is 15.1 Å². The molecular weight excluding hydrogens is 369 g/mol. The van der Waals surface area contributed by atoms with Crippen molar-refractivity contribution in [3.05, 3.63) is 70.4 Å². The van der Waals surface area contributed by atoms with Crippen LogP contribution in [0.25, 0.3) is 17.0 Å². The summed E-state index contributed by atoms with van der Waals surface area (Å²) >= 11 is 0. The van der Waals surface area contributed by atoms with E-state index in [4.69, 9.17) is 0 Å². The molecule has 0 spiro atoms. The normalized spacial score (nSPS) is 12.0. The van der Waals surface area contributed by atoms with Crippen LogP contribution in [0.3, 0.4) is 0 Å². The average molecular weight is 386 g/mol. The molecule has 2 N–H and O–H groups in total. The number of nitrogens with one attached hydrogen (secondary N) is 1. The zero-order valence-electron chi connectivity index (χ0n) is 15.2. The first-order valence-corrected chi connectivity index (χ1v) is 8.63. The van der Waals surface area contributed by atoms with Crippen LogP contribution in [0.4, 0.5) is 13.2 Å². The highest BCUT2D eigenvalue weighted by molar-refractivity contribution is 5.77. The molecule has 4 rings (SSSR count). The molecular formula is C20H17F3N4O. The van der Waals surface area contributed by atoms with Gasteiger partial charge in [0.05, 0.1) is 22.3 Å². The Kier molecular flexibility index (Phi) is 4.14. The van der Waals surface area contributed by atoms with Crippen molar-refractivity contribution in [2.45, 2.75) is 26.4 Å². The molecule has 5 nitrogen and oxygen atoms in total. The van der Waals surface area contributed by atoms with Crippen LogP contribution >= 0.6 is 0 Å². The Balaban J connectivity index is 1.67. The van der Waals surface area contributed by atoms with Gasteiger partial charge in [0.25, 0.3) is 0 Å². The van der Waals surface area contributed by atoms with Crippen molar-refractivity contribution in [2.24, 2.45) is 0 Å². The first-order chi connectivity index (χ1) is 13.2. The second kappa shape index (κ2) is 6.40. The van der Waals surface area contributed by atoms with Gasteiger partial charge in [0.15, 0.2) is 0 Å². The summed E-state index contributed by atoms with van der Waals surface area (Å²) in [6.07, 6.45) is -4.11. The lowest BCUT2D eigenvalue weighted by Gasteiger charge is -2.07. The van der Waals surface area contributed by atoms with Gasteiger partial charge in [-0.05, 0) is 49.2 Å². The molecule has 0 saturated heterocycles. The van der Waals surface area contributed by atoms with E-state index < -0.39 is 11.7 Å². The number of aromatic hydroxyl groups is 1. The molecule has 0 fully saturated rings. The van der Waals surface area contributed by atoms with Crippen molar-refractivity contribution in [1.29, 1.82) is 0 Å². The summed E-state index contributed by atoms with van der Waals surface area (Å²) in [5.74, 6) is 0.285. The van der Waals surface area contributed by atoms with Gasteiger partial charge in [0, 0.05) is 12.0 Å². The summed E-state index contributed by atoms with van der Waals surface area (Å²) in [6, 6.07) is 10.7. The third kappa shape index (κ3) is 3.21. The van der Waals surface area contributed by atoms with E-state index in [0.29, 0.717) is 22.8 Å². The first-order valence-electron chi connectivity index (χ1n) is 8.63. The summed E-state index contributed by atoms with van der Waals surface area (Å²) < 4.78 is 39.5. The second-order valence-corrected chi connectivity index (χ2v) is 6.75. The molecule has 2 aromatic heterocycles. The number of H-pyrrole nitrogens is 1. The second-order valence-electron chi connectivity index (χ2n) is 6.75. The number of alkyl halides is 3. The highest BCUT2D eigenvalue weighted by Crippen LogP contribution is 2.31. The molecule has 0 radical (unpaired) electrons. The molecule has 8 heteroatoms. The van der Waals surface area contributed by atoms with Gasteiger partial charge in [-0.1, -0.05) is 18.2 Å². The monoisotopic (exact) mass is 386 g/mol. The number of aryl methyl sites for hydroxylation is 2. The third-order valence-electron chi connectivity index (χ3n) is 4.65. The number of aromatic amines is 1. The van der Waals surface area contributed by atoms with E-state index >= 15 is 0 Å². The minimum Gasteiger partial charge on any atom is -0.493 e. The Hall–Kier alpha value is -3.29. The summed E-state index contributed by atoms with van der Waals surface area (Å²) in [5, 5.41) is 15.0. The molecule has 0 unspecified atom stereocenters. The van der Waals surface area contributed by atoms with Crippen molar-refractivity contribution in [3.8, 4) is 11.8 Å². The number of aromatic nitrogens is 4. The van der Waals surface area contributed by atoms with E-state index in [-0.39, 0.29) is 12.3 Å². The van der Waals surface area contributed by atoms with Gasteiger partial charge < -0.3 is 10.1 Å². The number of hydrogen-bond donors (Lipinski definition) is 2. The fourth-order valence-electron chi connectivity index (χ4n) is 3.12. The zero-order valence-corrected chi connectivity index (χ0v) is 15.2. The predicted octanol–water partition coefficient (Wildman–Crippen LogP) is 4.68. The van der Waals surface area contributed by atoms with Gasteiger partial charge in [-0.2, -0.15) is 23.0 Å². The molecule has 0 amide bonds. The molecule has 2 aromatic carbocycles. The predicted molar refractivity (Wildman–Crippen MR) is 98.6 cm³/mol. The van der Waals surface area contributed by atoms with Gasteiger partial charge in [-0.25, -0.2) is 4.98 Å². The summed E-state index contributed by atoms with van der Waals surface area (Å²) in [5.41, 5.74) is 3.70. The number of nitrogens with zero attached hydrogens (tertiary/aromatic N) is 3. The maximum Gasteiger partial charge on any atom is 0.416 e.